The highest BCUT2D eigenvalue weighted by atomic mass is 79.9. The number of aromatic nitrogens is 2. The highest BCUT2D eigenvalue weighted by Gasteiger charge is 1.97. The van der Waals surface area contributed by atoms with Gasteiger partial charge in [-0.15, -0.1) is 0 Å². The van der Waals surface area contributed by atoms with Gasteiger partial charge in [-0.3, -0.25) is 14.3 Å². The van der Waals surface area contributed by atoms with Gasteiger partial charge in [0, 0.05) is 12.4 Å². The van der Waals surface area contributed by atoms with Crippen LogP contribution in [-0.4, -0.2) is 9.55 Å². The van der Waals surface area contributed by atoms with Gasteiger partial charge in [-0.1, -0.05) is 19.4 Å². The zero-order valence-corrected chi connectivity index (χ0v) is 9.37. The molecule has 0 unspecified atom stereocenters. The number of halogens is 1. The summed E-state index contributed by atoms with van der Waals surface area (Å²) in [5.74, 6) is 0. The maximum absolute atomic E-state index is 11.2. The smallest absolute Gasteiger partial charge is 0.275 e. The number of aromatic amines is 1. The number of hydrogen-bond acceptors (Lipinski definition) is 2. The monoisotopic (exact) mass is 258 g/mol. The molecule has 0 radical (unpaired) electrons. The van der Waals surface area contributed by atoms with E-state index in [1.807, 2.05) is 6.08 Å². The number of hydrogen-bond donors (Lipinski definition) is 1. The Labute approximate surface area is 89.4 Å². The first-order valence-electron chi connectivity index (χ1n) is 4.32. The zero-order chi connectivity index (χ0) is 10.6. The van der Waals surface area contributed by atoms with Gasteiger partial charge in [-0.05, 0) is 22.4 Å². The molecule has 0 saturated heterocycles. The van der Waals surface area contributed by atoms with E-state index in [4.69, 9.17) is 0 Å². The van der Waals surface area contributed by atoms with Crippen molar-refractivity contribution in [2.24, 2.45) is 0 Å². The van der Waals surface area contributed by atoms with Crippen LogP contribution in [0.1, 0.15) is 19.8 Å². The largest absolute Gasteiger partial charge is 0.332 e. The predicted octanol–water partition coefficient (Wildman–Crippen LogP) is 1.57. The molecule has 0 saturated carbocycles. The molecular formula is C9H11BrN2O2. The molecule has 0 bridgehead atoms. The van der Waals surface area contributed by atoms with Gasteiger partial charge in [0.05, 0.1) is 4.47 Å². The molecule has 0 fully saturated rings. The molecule has 1 aromatic heterocycles. The summed E-state index contributed by atoms with van der Waals surface area (Å²) in [6.45, 7) is 2.05. The summed E-state index contributed by atoms with van der Waals surface area (Å²) in [6.07, 6.45) is 6.91. The SMILES string of the molecule is CCC/C=C/n1cc(Br)c(=O)[nH]c1=O. The molecule has 1 rings (SSSR count). The van der Waals surface area contributed by atoms with Gasteiger partial charge in [0.1, 0.15) is 0 Å². The summed E-state index contributed by atoms with van der Waals surface area (Å²) in [6, 6.07) is 0. The number of nitrogens with zero attached hydrogens (tertiary/aromatic N) is 1. The van der Waals surface area contributed by atoms with Gasteiger partial charge in [-0.25, -0.2) is 4.79 Å². The van der Waals surface area contributed by atoms with Gasteiger partial charge in [0.2, 0.25) is 0 Å². The minimum absolute atomic E-state index is 0.346. The van der Waals surface area contributed by atoms with Crippen LogP contribution in [-0.2, 0) is 0 Å². The van der Waals surface area contributed by atoms with E-state index >= 15 is 0 Å². The summed E-state index contributed by atoms with van der Waals surface area (Å²) < 4.78 is 1.68. The molecule has 4 nitrogen and oxygen atoms in total. The van der Waals surface area contributed by atoms with Crippen LogP contribution in [0.15, 0.2) is 26.3 Å². The third-order valence-electron chi connectivity index (χ3n) is 1.65. The van der Waals surface area contributed by atoms with Crippen LogP contribution in [0.25, 0.3) is 6.20 Å². The molecule has 0 aliphatic carbocycles. The standard InChI is InChI=1S/C9H11BrN2O2/c1-2-3-4-5-12-6-7(10)8(13)11-9(12)14/h4-6H,2-3H2,1H3,(H,11,13,14)/b5-4+. The lowest BCUT2D eigenvalue weighted by Crippen LogP contribution is -2.27. The first-order valence-corrected chi connectivity index (χ1v) is 5.12. The predicted molar refractivity (Wildman–Crippen MR) is 59.3 cm³/mol. The van der Waals surface area contributed by atoms with Gasteiger partial charge in [0.15, 0.2) is 0 Å². The lowest BCUT2D eigenvalue weighted by atomic mass is 10.3. The molecule has 0 aliphatic rings. The quantitative estimate of drug-likeness (QED) is 0.895. The van der Waals surface area contributed by atoms with E-state index < -0.39 is 11.2 Å². The second-order valence-electron chi connectivity index (χ2n) is 2.82. The van der Waals surface area contributed by atoms with Crippen molar-refractivity contribution in [1.29, 1.82) is 0 Å². The van der Waals surface area contributed by atoms with Crippen LogP contribution in [0.2, 0.25) is 0 Å². The van der Waals surface area contributed by atoms with E-state index in [1.165, 1.54) is 10.8 Å². The molecule has 0 amide bonds. The van der Waals surface area contributed by atoms with Crippen LogP contribution >= 0.6 is 15.9 Å². The van der Waals surface area contributed by atoms with Crippen molar-refractivity contribution in [3.8, 4) is 0 Å². The van der Waals surface area contributed by atoms with E-state index in [2.05, 4.69) is 27.8 Å². The lowest BCUT2D eigenvalue weighted by Gasteiger charge is -1.97. The Kier molecular flexibility index (Phi) is 3.88. The summed E-state index contributed by atoms with van der Waals surface area (Å²) in [4.78, 5) is 24.4. The molecule has 5 heteroatoms. The Morgan fingerprint density at radius 1 is 1.57 bits per heavy atom. The number of nitrogens with one attached hydrogen (secondary N) is 1. The second kappa shape index (κ2) is 4.95. The minimum atomic E-state index is -0.425. The molecule has 0 aliphatic heterocycles. The zero-order valence-electron chi connectivity index (χ0n) is 7.79. The normalized spacial score (nSPS) is 11.0. The Morgan fingerprint density at radius 2 is 2.29 bits per heavy atom. The Balaban J connectivity index is 3.05. The molecule has 1 heterocycles. The second-order valence-corrected chi connectivity index (χ2v) is 3.67. The van der Waals surface area contributed by atoms with Crippen molar-refractivity contribution < 1.29 is 0 Å². The fourth-order valence-corrected chi connectivity index (χ4v) is 1.25. The van der Waals surface area contributed by atoms with Gasteiger partial charge < -0.3 is 0 Å². The first kappa shape index (κ1) is 11.0. The molecule has 1 N–H and O–H groups in total. The Hall–Kier alpha value is -1.10. The fraction of sp³-hybridized carbons (Fsp3) is 0.333. The van der Waals surface area contributed by atoms with Crippen molar-refractivity contribution in [2.45, 2.75) is 19.8 Å². The number of H-pyrrole nitrogens is 1. The van der Waals surface area contributed by atoms with E-state index in [-0.39, 0.29) is 0 Å². The fourth-order valence-electron chi connectivity index (χ4n) is 0.926. The van der Waals surface area contributed by atoms with Gasteiger partial charge in [0.25, 0.3) is 5.56 Å². The van der Waals surface area contributed by atoms with E-state index in [9.17, 15) is 9.59 Å². The first-order chi connectivity index (χ1) is 6.65. The van der Waals surface area contributed by atoms with Crippen molar-refractivity contribution >= 4 is 22.1 Å². The van der Waals surface area contributed by atoms with Crippen LogP contribution in [0.4, 0.5) is 0 Å². The average molecular weight is 259 g/mol. The maximum atomic E-state index is 11.2. The number of rotatable bonds is 3. The van der Waals surface area contributed by atoms with Crippen LogP contribution in [0.5, 0.6) is 0 Å². The summed E-state index contributed by atoms with van der Waals surface area (Å²) in [7, 11) is 0. The van der Waals surface area contributed by atoms with Crippen molar-refractivity contribution in [3.63, 3.8) is 0 Å². The van der Waals surface area contributed by atoms with E-state index in [0.717, 1.165) is 12.8 Å². The van der Waals surface area contributed by atoms with Gasteiger partial charge in [-0.2, -0.15) is 0 Å². The van der Waals surface area contributed by atoms with E-state index in [0.29, 0.717) is 4.47 Å². The number of allylic oxidation sites excluding steroid dienone is 1. The molecule has 14 heavy (non-hydrogen) atoms. The third-order valence-corrected chi connectivity index (χ3v) is 2.21. The molecule has 0 aromatic carbocycles. The summed E-state index contributed by atoms with van der Waals surface area (Å²) >= 11 is 3.05. The summed E-state index contributed by atoms with van der Waals surface area (Å²) in [5.41, 5.74) is -0.833. The van der Waals surface area contributed by atoms with Crippen LogP contribution in [0, 0.1) is 0 Å². The lowest BCUT2D eigenvalue weighted by molar-refractivity contribution is 0.911. The molecule has 76 valence electrons. The van der Waals surface area contributed by atoms with Gasteiger partial charge >= 0.3 is 5.69 Å². The Morgan fingerprint density at radius 3 is 2.93 bits per heavy atom. The maximum Gasteiger partial charge on any atom is 0.332 e. The van der Waals surface area contributed by atoms with Crippen molar-refractivity contribution in [1.82, 2.24) is 9.55 Å². The third kappa shape index (κ3) is 2.70. The van der Waals surface area contributed by atoms with E-state index in [1.54, 1.807) is 6.20 Å². The summed E-state index contributed by atoms with van der Waals surface area (Å²) in [5, 5.41) is 0. The van der Waals surface area contributed by atoms with Crippen molar-refractivity contribution in [3.05, 3.63) is 37.6 Å². The topological polar surface area (TPSA) is 54.9 Å². The van der Waals surface area contributed by atoms with Crippen molar-refractivity contribution in [2.75, 3.05) is 0 Å². The molecule has 0 spiro atoms. The molecular weight excluding hydrogens is 248 g/mol. The highest BCUT2D eigenvalue weighted by molar-refractivity contribution is 9.10. The average Bonchev–Trinajstić information content (AvgIpc) is 2.14. The highest BCUT2D eigenvalue weighted by Crippen LogP contribution is 1.98. The van der Waals surface area contributed by atoms with Crippen LogP contribution < -0.4 is 11.2 Å². The number of unbranched alkanes of at least 4 members (excludes halogenated alkanes) is 1. The molecule has 1 aromatic rings. The molecule has 0 atom stereocenters. The Bertz CT molecular complexity index is 445. The van der Waals surface area contributed by atoms with Crippen LogP contribution in [0.3, 0.4) is 0 Å². The minimum Gasteiger partial charge on any atom is -0.275 e.